The van der Waals surface area contributed by atoms with Gasteiger partial charge in [-0.3, -0.25) is 4.03 Å². The number of hydrogen-bond acceptors (Lipinski definition) is 3. The summed E-state index contributed by atoms with van der Waals surface area (Å²) in [6.07, 6.45) is 1.04. The zero-order valence-corrected chi connectivity index (χ0v) is 14.1. The largest absolute Gasteiger partial charge is 0.333 e. The molecule has 1 aromatic rings. The molecule has 1 atom stereocenters. The number of nitrogens with zero attached hydrogens (tertiary/aromatic N) is 3. The molecule has 0 spiro atoms. The van der Waals surface area contributed by atoms with Gasteiger partial charge in [0.1, 0.15) is 0 Å². The smallest absolute Gasteiger partial charge is 0.259 e. The Balaban J connectivity index is 3.27. The van der Waals surface area contributed by atoms with Crippen molar-refractivity contribution in [3.8, 4) is 0 Å². The van der Waals surface area contributed by atoms with Crippen molar-refractivity contribution < 1.29 is 13.0 Å². The van der Waals surface area contributed by atoms with Crippen molar-refractivity contribution in [1.29, 1.82) is 0 Å². The molecule has 0 N–H and O–H groups in total. The van der Waals surface area contributed by atoms with E-state index in [-0.39, 0.29) is 10.1 Å². The predicted octanol–water partition coefficient (Wildman–Crippen LogP) is 4.26. The minimum atomic E-state index is -3.27. The number of halogens is 3. The molecule has 0 radical (unpaired) electrons. The number of hydrogen-bond donors (Lipinski definition) is 0. The summed E-state index contributed by atoms with van der Waals surface area (Å²) in [6.45, 7) is 7.05. The van der Waals surface area contributed by atoms with Crippen LogP contribution in [0.15, 0.2) is 21.3 Å². The van der Waals surface area contributed by atoms with Gasteiger partial charge in [0.25, 0.3) is 0 Å². The van der Waals surface area contributed by atoms with Crippen molar-refractivity contribution in [2.45, 2.75) is 50.5 Å². The van der Waals surface area contributed by atoms with Gasteiger partial charge in [-0.25, -0.2) is 8.89 Å². The Morgan fingerprint density at radius 2 is 2.00 bits per heavy atom. The van der Waals surface area contributed by atoms with Gasteiger partial charge in [-0.2, -0.15) is 13.9 Å². The zero-order chi connectivity index (χ0) is 15.1. The molecule has 9 heteroatoms. The van der Waals surface area contributed by atoms with Crippen LogP contribution in [-0.4, -0.2) is 22.2 Å². The first-order valence-electron chi connectivity index (χ1n) is 5.68. The second kappa shape index (κ2) is 5.14. The van der Waals surface area contributed by atoms with Crippen LogP contribution in [0.3, 0.4) is 0 Å². The minimum absolute atomic E-state index is 0.112. The van der Waals surface area contributed by atoms with Crippen LogP contribution in [0.25, 0.3) is 0 Å². The van der Waals surface area contributed by atoms with Crippen LogP contribution in [0.2, 0.25) is 18.1 Å². The van der Waals surface area contributed by atoms with Crippen molar-refractivity contribution in [3.05, 3.63) is 12.3 Å². The van der Waals surface area contributed by atoms with Crippen LogP contribution in [-0.2, 0) is 8.94 Å². The maximum absolute atomic E-state index is 12.4. The fourth-order valence-corrected chi connectivity index (χ4v) is 7.08. The summed E-state index contributed by atoms with van der Waals surface area (Å²) in [7, 11) is 0.415. The van der Waals surface area contributed by atoms with Gasteiger partial charge in [0.2, 0.25) is 0 Å². The van der Waals surface area contributed by atoms with Crippen molar-refractivity contribution >= 4 is 27.9 Å². The standard InChI is InChI=1S/C10H18ClF2N3OSSi/c1-10(2,3)19(4,5)15-18(11,17)8-6-7-16(14-8)9(12)13/h6-7,9H,1-5H3. The van der Waals surface area contributed by atoms with Crippen LogP contribution in [0, 0.1) is 0 Å². The summed E-state index contributed by atoms with van der Waals surface area (Å²) in [5.74, 6) is 0. The number of aromatic nitrogens is 2. The average Bonchev–Trinajstić information content (AvgIpc) is 2.62. The second-order valence-electron chi connectivity index (χ2n) is 5.77. The van der Waals surface area contributed by atoms with Crippen molar-refractivity contribution in [2.75, 3.05) is 0 Å². The van der Waals surface area contributed by atoms with Gasteiger partial charge in [0.05, 0.1) is 0 Å². The van der Waals surface area contributed by atoms with Crippen LogP contribution >= 0.6 is 10.7 Å². The molecule has 0 aliphatic heterocycles. The molecule has 1 rings (SSSR count). The van der Waals surface area contributed by atoms with E-state index in [1.165, 1.54) is 6.07 Å². The molecule has 0 aliphatic carbocycles. The van der Waals surface area contributed by atoms with Gasteiger partial charge in [0.15, 0.2) is 22.2 Å². The van der Waals surface area contributed by atoms with Gasteiger partial charge >= 0.3 is 6.55 Å². The molecular formula is C10H18ClF2N3OSSi. The van der Waals surface area contributed by atoms with Crippen molar-refractivity contribution in [2.24, 2.45) is 4.03 Å². The Morgan fingerprint density at radius 1 is 1.47 bits per heavy atom. The Morgan fingerprint density at radius 3 is 2.37 bits per heavy atom. The van der Waals surface area contributed by atoms with Crippen LogP contribution in [0.1, 0.15) is 27.3 Å². The third kappa shape index (κ3) is 3.76. The number of alkyl halides is 2. The minimum Gasteiger partial charge on any atom is -0.259 e. The highest BCUT2D eigenvalue weighted by Crippen LogP contribution is 2.38. The molecule has 0 saturated heterocycles. The lowest BCUT2D eigenvalue weighted by atomic mass is 10.2. The Labute approximate surface area is 117 Å². The van der Waals surface area contributed by atoms with Crippen LogP contribution in [0.5, 0.6) is 0 Å². The van der Waals surface area contributed by atoms with E-state index in [0.717, 1.165) is 6.20 Å². The Bertz CT molecular complexity index is 574. The van der Waals surface area contributed by atoms with E-state index in [2.05, 4.69) is 9.13 Å². The quantitative estimate of drug-likeness (QED) is 0.614. The molecule has 0 bridgehead atoms. The lowest BCUT2D eigenvalue weighted by Gasteiger charge is -2.32. The summed E-state index contributed by atoms with van der Waals surface area (Å²) in [5.41, 5.74) is 0. The molecule has 1 heterocycles. The highest BCUT2D eigenvalue weighted by molar-refractivity contribution is 8.16. The predicted molar refractivity (Wildman–Crippen MR) is 75.4 cm³/mol. The van der Waals surface area contributed by atoms with Gasteiger partial charge < -0.3 is 0 Å². The summed E-state index contributed by atoms with van der Waals surface area (Å²) in [4.78, 5) is 0. The summed E-state index contributed by atoms with van der Waals surface area (Å²) in [5, 5.41) is 3.28. The molecular weight excluding hydrogens is 312 g/mol. The lowest BCUT2D eigenvalue weighted by molar-refractivity contribution is 0.0554. The molecule has 110 valence electrons. The third-order valence-corrected chi connectivity index (χ3v) is 11.5. The Hall–Kier alpha value is -0.473. The van der Waals surface area contributed by atoms with Gasteiger partial charge in [-0.05, 0) is 24.2 Å². The normalized spacial score (nSPS) is 16.5. The van der Waals surface area contributed by atoms with E-state index in [4.69, 9.17) is 10.7 Å². The molecule has 0 aliphatic rings. The summed E-state index contributed by atoms with van der Waals surface area (Å²) < 4.78 is 42.0. The molecule has 4 nitrogen and oxygen atoms in total. The van der Waals surface area contributed by atoms with Crippen molar-refractivity contribution in [3.63, 3.8) is 0 Å². The van der Waals surface area contributed by atoms with E-state index in [1.54, 1.807) is 0 Å². The highest BCUT2D eigenvalue weighted by atomic mass is 35.7. The van der Waals surface area contributed by atoms with E-state index in [9.17, 15) is 13.0 Å². The highest BCUT2D eigenvalue weighted by Gasteiger charge is 2.38. The molecule has 0 amide bonds. The fourth-order valence-electron chi connectivity index (χ4n) is 1.04. The van der Waals surface area contributed by atoms with Crippen LogP contribution in [0.4, 0.5) is 8.78 Å². The lowest BCUT2D eigenvalue weighted by Crippen LogP contribution is -2.35. The molecule has 1 unspecified atom stereocenters. The summed E-state index contributed by atoms with van der Waals surface area (Å²) in [6, 6.07) is 1.22. The second-order valence-corrected chi connectivity index (χ2v) is 13.7. The first kappa shape index (κ1) is 16.6. The van der Waals surface area contributed by atoms with E-state index >= 15 is 0 Å². The van der Waals surface area contributed by atoms with E-state index < -0.39 is 23.7 Å². The molecule has 0 aromatic carbocycles. The molecule has 0 fully saturated rings. The SMILES string of the molecule is CC(C)(C)[Si](C)(C)N=S(=O)(Cl)c1ccn(C(F)F)n1. The first-order valence-corrected chi connectivity index (χ1v) is 11.0. The molecule has 1 aromatic heterocycles. The molecule has 0 saturated carbocycles. The topological polar surface area (TPSA) is 47.2 Å². The summed E-state index contributed by atoms with van der Waals surface area (Å²) >= 11 is 0. The van der Waals surface area contributed by atoms with Gasteiger partial charge in [0, 0.05) is 16.9 Å². The van der Waals surface area contributed by atoms with Gasteiger partial charge in [-0.1, -0.05) is 20.8 Å². The molecule has 19 heavy (non-hydrogen) atoms. The third-order valence-electron chi connectivity index (χ3n) is 3.22. The first-order chi connectivity index (χ1) is 8.37. The maximum Gasteiger partial charge on any atom is 0.333 e. The monoisotopic (exact) mass is 329 g/mol. The van der Waals surface area contributed by atoms with Crippen LogP contribution < -0.4 is 0 Å². The van der Waals surface area contributed by atoms with E-state index in [0.29, 0.717) is 4.68 Å². The van der Waals surface area contributed by atoms with E-state index in [1.807, 2.05) is 33.9 Å². The fraction of sp³-hybridized carbons (Fsp3) is 0.700. The Kier molecular flexibility index (Phi) is 4.48. The average molecular weight is 330 g/mol. The number of rotatable bonds is 3. The maximum atomic E-state index is 12.4. The van der Waals surface area contributed by atoms with Crippen molar-refractivity contribution in [1.82, 2.24) is 9.78 Å². The zero-order valence-electron chi connectivity index (χ0n) is 11.5. The van der Waals surface area contributed by atoms with Gasteiger partial charge in [-0.15, -0.1) is 0 Å².